The zero-order chi connectivity index (χ0) is 14.3. The molecule has 0 aromatic heterocycles. The van der Waals surface area contributed by atoms with Crippen molar-refractivity contribution in [2.45, 2.75) is 57.8 Å². The first-order valence-corrected chi connectivity index (χ1v) is 7.05. The number of aliphatic hydroxyl groups is 2. The molecule has 0 aliphatic rings. The van der Waals surface area contributed by atoms with E-state index in [0.29, 0.717) is 13.0 Å². The topological polar surface area (TPSA) is 66.8 Å². The SMILES string of the molecule is C=CC(=O)O/C(O)=C/CCCCCCCCCCO. The Balaban J connectivity index is 3.32. The Kier molecular flexibility index (Phi) is 12.3. The van der Waals surface area contributed by atoms with Crippen LogP contribution in [0.15, 0.2) is 24.7 Å². The van der Waals surface area contributed by atoms with Crippen LogP contribution in [0.25, 0.3) is 0 Å². The molecular weight excluding hydrogens is 244 g/mol. The number of allylic oxidation sites excluding steroid dienone is 1. The highest BCUT2D eigenvalue weighted by atomic mass is 16.6. The molecule has 0 spiro atoms. The van der Waals surface area contributed by atoms with E-state index in [4.69, 9.17) is 5.11 Å². The lowest BCUT2D eigenvalue weighted by Crippen LogP contribution is -1.99. The fourth-order valence-electron chi connectivity index (χ4n) is 1.73. The van der Waals surface area contributed by atoms with Crippen molar-refractivity contribution in [3.63, 3.8) is 0 Å². The van der Waals surface area contributed by atoms with Crippen LogP contribution in [-0.2, 0) is 9.53 Å². The van der Waals surface area contributed by atoms with Crippen molar-refractivity contribution in [1.82, 2.24) is 0 Å². The third kappa shape index (κ3) is 12.9. The first kappa shape index (κ1) is 17.7. The van der Waals surface area contributed by atoms with Gasteiger partial charge in [0.05, 0.1) is 0 Å². The molecule has 0 aliphatic carbocycles. The minimum Gasteiger partial charge on any atom is -0.481 e. The molecule has 4 heteroatoms. The first-order chi connectivity index (χ1) is 9.20. The summed E-state index contributed by atoms with van der Waals surface area (Å²) in [7, 11) is 0. The molecule has 0 aromatic rings. The van der Waals surface area contributed by atoms with Crippen LogP contribution in [0, 0.1) is 0 Å². The van der Waals surface area contributed by atoms with Crippen LogP contribution in [-0.4, -0.2) is 22.8 Å². The van der Waals surface area contributed by atoms with E-state index in [0.717, 1.165) is 31.8 Å². The molecule has 0 aromatic carbocycles. The molecule has 0 unspecified atom stereocenters. The lowest BCUT2D eigenvalue weighted by molar-refractivity contribution is -0.137. The molecule has 0 heterocycles. The minimum absolute atomic E-state index is 0.298. The molecular formula is C15H26O4. The molecule has 0 bridgehead atoms. The van der Waals surface area contributed by atoms with E-state index in [1.165, 1.54) is 31.8 Å². The average Bonchev–Trinajstić information content (AvgIpc) is 2.40. The second-order valence-corrected chi connectivity index (χ2v) is 4.51. The van der Waals surface area contributed by atoms with Crippen molar-refractivity contribution >= 4 is 5.97 Å². The van der Waals surface area contributed by atoms with Gasteiger partial charge in [-0.05, 0) is 25.3 Å². The Morgan fingerprint density at radius 3 is 2.05 bits per heavy atom. The van der Waals surface area contributed by atoms with Gasteiger partial charge in [0.2, 0.25) is 0 Å². The molecule has 0 radical (unpaired) electrons. The summed E-state index contributed by atoms with van der Waals surface area (Å²) in [4.78, 5) is 10.7. The lowest BCUT2D eigenvalue weighted by Gasteiger charge is -2.01. The van der Waals surface area contributed by atoms with E-state index in [9.17, 15) is 9.90 Å². The van der Waals surface area contributed by atoms with Crippen LogP contribution in [0.3, 0.4) is 0 Å². The third-order valence-electron chi connectivity index (χ3n) is 2.80. The summed E-state index contributed by atoms with van der Waals surface area (Å²) in [6.45, 7) is 3.54. The minimum atomic E-state index is -0.642. The fourth-order valence-corrected chi connectivity index (χ4v) is 1.73. The molecule has 0 saturated carbocycles. The zero-order valence-electron chi connectivity index (χ0n) is 11.6. The summed E-state index contributed by atoms with van der Waals surface area (Å²) in [5, 5.41) is 17.8. The summed E-state index contributed by atoms with van der Waals surface area (Å²) >= 11 is 0. The third-order valence-corrected chi connectivity index (χ3v) is 2.80. The van der Waals surface area contributed by atoms with Crippen molar-refractivity contribution in [1.29, 1.82) is 0 Å². The molecule has 110 valence electrons. The van der Waals surface area contributed by atoms with Crippen LogP contribution >= 0.6 is 0 Å². The number of hydrogen-bond acceptors (Lipinski definition) is 4. The van der Waals surface area contributed by atoms with E-state index in [1.54, 1.807) is 0 Å². The van der Waals surface area contributed by atoms with Gasteiger partial charge in [0.1, 0.15) is 0 Å². The average molecular weight is 270 g/mol. The number of carbonyl (C=O) groups is 1. The van der Waals surface area contributed by atoms with E-state index >= 15 is 0 Å². The predicted molar refractivity (Wildman–Crippen MR) is 75.6 cm³/mol. The van der Waals surface area contributed by atoms with Crippen molar-refractivity contribution in [3.05, 3.63) is 24.7 Å². The van der Waals surface area contributed by atoms with E-state index in [-0.39, 0.29) is 5.95 Å². The molecule has 2 N–H and O–H groups in total. The van der Waals surface area contributed by atoms with E-state index < -0.39 is 5.97 Å². The second-order valence-electron chi connectivity index (χ2n) is 4.51. The number of esters is 1. The molecule has 0 saturated heterocycles. The molecule has 0 rings (SSSR count). The molecule has 19 heavy (non-hydrogen) atoms. The monoisotopic (exact) mass is 270 g/mol. The Bertz CT molecular complexity index is 271. The van der Waals surface area contributed by atoms with Gasteiger partial charge in [-0.2, -0.15) is 0 Å². The zero-order valence-corrected chi connectivity index (χ0v) is 11.6. The molecule has 4 nitrogen and oxygen atoms in total. The highest BCUT2D eigenvalue weighted by Gasteiger charge is 1.99. The van der Waals surface area contributed by atoms with Crippen molar-refractivity contribution in [2.24, 2.45) is 0 Å². The maximum atomic E-state index is 10.7. The summed E-state index contributed by atoms with van der Waals surface area (Å²) in [5.41, 5.74) is 0. The number of ether oxygens (including phenoxy) is 1. The first-order valence-electron chi connectivity index (χ1n) is 7.05. The van der Waals surface area contributed by atoms with Crippen molar-refractivity contribution in [2.75, 3.05) is 6.61 Å². The highest BCUT2D eigenvalue weighted by molar-refractivity contribution is 5.81. The van der Waals surface area contributed by atoms with Gasteiger partial charge < -0.3 is 14.9 Å². The van der Waals surface area contributed by atoms with Crippen LogP contribution in [0.5, 0.6) is 0 Å². The Morgan fingerprint density at radius 1 is 1.00 bits per heavy atom. The van der Waals surface area contributed by atoms with Crippen LogP contribution < -0.4 is 0 Å². The normalized spacial score (nSPS) is 11.3. The molecule has 0 fully saturated rings. The highest BCUT2D eigenvalue weighted by Crippen LogP contribution is 2.10. The fraction of sp³-hybridized carbons (Fsp3) is 0.667. The van der Waals surface area contributed by atoms with Gasteiger partial charge in [-0.25, -0.2) is 4.79 Å². The number of aliphatic hydroxyl groups excluding tert-OH is 2. The number of rotatable bonds is 12. The number of carbonyl (C=O) groups excluding carboxylic acids is 1. The number of hydrogen-bond donors (Lipinski definition) is 2. The van der Waals surface area contributed by atoms with Gasteiger partial charge in [0.15, 0.2) is 0 Å². The van der Waals surface area contributed by atoms with Gasteiger partial charge >= 0.3 is 5.97 Å². The molecule has 0 amide bonds. The summed E-state index contributed by atoms with van der Waals surface area (Å²) < 4.78 is 4.52. The van der Waals surface area contributed by atoms with Crippen molar-refractivity contribution in [3.8, 4) is 0 Å². The Labute approximate surface area is 115 Å². The van der Waals surface area contributed by atoms with Crippen LogP contribution in [0.1, 0.15) is 57.8 Å². The van der Waals surface area contributed by atoms with Gasteiger partial charge in [-0.15, -0.1) is 0 Å². The maximum absolute atomic E-state index is 10.7. The number of unbranched alkanes of at least 4 members (excludes halogenated alkanes) is 8. The Morgan fingerprint density at radius 2 is 1.53 bits per heavy atom. The van der Waals surface area contributed by atoms with Gasteiger partial charge in [0.25, 0.3) is 5.95 Å². The van der Waals surface area contributed by atoms with Gasteiger partial charge in [-0.1, -0.05) is 45.1 Å². The maximum Gasteiger partial charge on any atom is 0.337 e. The predicted octanol–water partition coefficient (Wildman–Crippen LogP) is 3.62. The molecule has 0 atom stereocenters. The van der Waals surface area contributed by atoms with E-state index in [2.05, 4.69) is 11.3 Å². The smallest absolute Gasteiger partial charge is 0.337 e. The Hall–Kier alpha value is -1.29. The van der Waals surface area contributed by atoms with Crippen LogP contribution in [0.2, 0.25) is 0 Å². The summed E-state index contributed by atoms with van der Waals surface area (Å²) in [5.74, 6) is -0.981. The van der Waals surface area contributed by atoms with Crippen LogP contribution in [0.4, 0.5) is 0 Å². The van der Waals surface area contributed by atoms with Gasteiger partial charge in [-0.3, -0.25) is 0 Å². The summed E-state index contributed by atoms with van der Waals surface area (Å²) in [6, 6.07) is 0. The van der Waals surface area contributed by atoms with Gasteiger partial charge in [0, 0.05) is 12.7 Å². The van der Waals surface area contributed by atoms with Crippen molar-refractivity contribution < 1.29 is 19.7 Å². The quantitative estimate of drug-likeness (QED) is 0.246. The largest absolute Gasteiger partial charge is 0.481 e. The summed E-state index contributed by atoms with van der Waals surface area (Å²) in [6.07, 6.45) is 12.2. The molecule has 0 aliphatic heterocycles. The lowest BCUT2D eigenvalue weighted by atomic mass is 10.1. The standard InChI is InChI=1S/C15H26O4/c1-2-14(17)19-15(18)12-10-8-6-4-3-5-7-9-11-13-16/h2,12,16,18H,1,3-11,13H2/b15-12+. The van der Waals surface area contributed by atoms with E-state index in [1.807, 2.05) is 0 Å². The second kappa shape index (κ2) is 13.1.